The molecule has 11 nitrogen and oxygen atoms in total. The summed E-state index contributed by atoms with van der Waals surface area (Å²) in [7, 11) is -4.72. The number of nitrogens with two attached hydrogens (primary N) is 1. The number of carboxylic acids is 1. The molecule has 300 valence electrons. The van der Waals surface area contributed by atoms with Crippen LogP contribution >= 0.6 is 7.82 Å². The monoisotopic (exact) mass is 755 g/mol. The zero-order valence-corrected chi connectivity index (χ0v) is 33.0. The quantitative estimate of drug-likeness (QED) is 0.0241. The van der Waals surface area contributed by atoms with Crippen LogP contribution in [-0.4, -0.2) is 59.9 Å². The van der Waals surface area contributed by atoms with Gasteiger partial charge < -0.3 is 25.2 Å². The highest BCUT2D eigenvalue weighted by Crippen LogP contribution is 2.43. The molecule has 0 amide bonds. The van der Waals surface area contributed by atoms with Gasteiger partial charge in [-0.3, -0.25) is 23.4 Å². The van der Waals surface area contributed by atoms with Crippen LogP contribution in [-0.2, 0) is 37.5 Å². The number of rotatable bonds is 36. The lowest BCUT2D eigenvalue weighted by atomic mass is 10.0. The predicted molar refractivity (Wildman–Crippen MR) is 208 cm³/mol. The van der Waals surface area contributed by atoms with Crippen molar-refractivity contribution in [2.24, 2.45) is 5.73 Å². The topological polar surface area (TPSA) is 172 Å². The van der Waals surface area contributed by atoms with Crippen molar-refractivity contribution in [3.63, 3.8) is 0 Å². The van der Waals surface area contributed by atoms with E-state index in [1.165, 1.54) is 57.8 Å². The van der Waals surface area contributed by atoms with Gasteiger partial charge in [-0.1, -0.05) is 140 Å². The van der Waals surface area contributed by atoms with Crippen LogP contribution in [0.3, 0.4) is 0 Å². The number of carboxylic acid groups (broad SMARTS) is 1. The van der Waals surface area contributed by atoms with E-state index in [4.69, 9.17) is 24.8 Å². The smallest absolute Gasteiger partial charge is 0.472 e. The van der Waals surface area contributed by atoms with Crippen molar-refractivity contribution in [1.29, 1.82) is 0 Å². The molecule has 52 heavy (non-hydrogen) atoms. The van der Waals surface area contributed by atoms with E-state index in [2.05, 4.69) is 67.0 Å². The maximum absolute atomic E-state index is 12.6. The molecular formula is C40H70NO10P. The summed E-state index contributed by atoms with van der Waals surface area (Å²) in [6.07, 6.45) is 37.5. The Bertz CT molecular complexity index is 1070. The molecule has 0 radical (unpaired) electrons. The SMILES string of the molecule is CC/C=C/C/C=C/C/C=C/C/C=C/CCCCC(=O)OC[C@H](COP(=O)(O)OC[C@H](N)C(=O)O)OC(=O)CCCCCCCCCCCCCCC. The van der Waals surface area contributed by atoms with Gasteiger partial charge in [0.05, 0.1) is 13.2 Å². The second-order valence-electron chi connectivity index (χ2n) is 13.0. The molecule has 0 saturated heterocycles. The summed E-state index contributed by atoms with van der Waals surface area (Å²) in [5, 5.41) is 8.86. The van der Waals surface area contributed by atoms with Crippen molar-refractivity contribution in [2.45, 2.75) is 167 Å². The Morgan fingerprint density at radius 2 is 1.08 bits per heavy atom. The van der Waals surface area contributed by atoms with E-state index < -0.39 is 51.1 Å². The summed E-state index contributed by atoms with van der Waals surface area (Å²) in [6.45, 7) is 2.62. The highest BCUT2D eigenvalue weighted by atomic mass is 31.2. The summed E-state index contributed by atoms with van der Waals surface area (Å²) >= 11 is 0. The molecule has 3 atom stereocenters. The van der Waals surface area contributed by atoms with E-state index in [0.29, 0.717) is 12.8 Å². The van der Waals surface area contributed by atoms with Crippen LogP contribution in [0, 0.1) is 0 Å². The zero-order chi connectivity index (χ0) is 38.5. The number of carbonyl (C=O) groups excluding carboxylic acids is 2. The van der Waals surface area contributed by atoms with Crippen molar-refractivity contribution >= 4 is 25.7 Å². The van der Waals surface area contributed by atoms with Crippen LogP contribution < -0.4 is 5.73 Å². The van der Waals surface area contributed by atoms with E-state index in [1.54, 1.807) is 0 Å². The summed E-state index contributed by atoms with van der Waals surface area (Å²) in [5.74, 6) is -2.43. The van der Waals surface area contributed by atoms with Crippen LogP contribution in [0.1, 0.15) is 155 Å². The first-order chi connectivity index (χ1) is 25.1. The van der Waals surface area contributed by atoms with E-state index in [9.17, 15) is 23.8 Å². The number of unbranched alkanes of at least 4 members (excludes halogenated alkanes) is 14. The molecule has 0 aliphatic heterocycles. The van der Waals surface area contributed by atoms with Crippen molar-refractivity contribution in [1.82, 2.24) is 0 Å². The molecule has 0 aromatic carbocycles. The molecule has 0 bridgehead atoms. The number of esters is 2. The fraction of sp³-hybridized carbons (Fsp3) is 0.725. The summed E-state index contributed by atoms with van der Waals surface area (Å²) in [6, 6.07) is -1.53. The highest BCUT2D eigenvalue weighted by molar-refractivity contribution is 7.47. The number of phosphoric acid groups is 1. The van der Waals surface area contributed by atoms with E-state index >= 15 is 0 Å². The minimum atomic E-state index is -4.72. The lowest BCUT2D eigenvalue weighted by Crippen LogP contribution is -2.34. The van der Waals surface area contributed by atoms with Gasteiger partial charge >= 0.3 is 25.7 Å². The van der Waals surface area contributed by atoms with Crippen molar-refractivity contribution in [3.8, 4) is 0 Å². The summed E-state index contributed by atoms with van der Waals surface area (Å²) < 4.78 is 32.5. The Morgan fingerprint density at radius 3 is 1.62 bits per heavy atom. The van der Waals surface area contributed by atoms with Crippen molar-refractivity contribution < 1.29 is 47.5 Å². The summed E-state index contributed by atoms with van der Waals surface area (Å²) in [4.78, 5) is 45.8. The highest BCUT2D eigenvalue weighted by Gasteiger charge is 2.28. The average Bonchev–Trinajstić information content (AvgIpc) is 3.12. The molecule has 0 saturated carbocycles. The maximum atomic E-state index is 12.6. The van der Waals surface area contributed by atoms with Crippen LogP contribution in [0.4, 0.5) is 0 Å². The van der Waals surface area contributed by atoms with Gasteiger partial charge in [0.25, 0.3) is 0 Å². The molecule has 0 fully saturated rings. The van der Waals surface area contributed by atoms with Gasteiger partial charge in [0, 0.05) is 12.8 Å². The second kappa shape index (κ2) is 35.5. The molecule has 1 unspecified atom stereocenters. The number of aliphatic carboxylic acids is 1. The molecule has 0 rings (SSSR count). The third-order valence-corrected chi connectivity index (χ3v) is 9.04. The van der Waals surface area contributed by atoms with Gasteiger partial charge in [-0.25, -0.2) is 4.57 Å². The van der Waals surface area contributed by atoms with Gasteiger partial charge in [0.2, 0.25) is 0 Å². The van der Waals surface area contributed by atoms with Gasteiger partial charge in [0.1, 0.15) is 12.6 Å². The van der Waals surface area contributed by atoms with Crippen LogP contribution in [0.25, 0.3) is 0 Å². The Balaban J connectivity index is 4.49. The van der Waals surface area contributed by atoms with E-state index in [-0.39, 0.29) is 19.4 Å². The Kier molecular flexibility index (Phi) is 33.7. The standard InChI is InChI=1S/C40H70NO10P/c1-3-5-7-9-11-13-15-17-18-20-21-23-25-27-29-31-38(42)48-33-36(34-49-52(46,47)50-35-37(41)40(44)45)51-39(43)32-30-28-26-24-22-19-16-14-12-10-8-6-4-2/h5,7,11,13,17-18,21,23,36-37H,3-4,6,8-10,12,14-16,19-20,22,24-35,41H2,1-2H3,(H,44,45)(H,46,47)/b7-5+,13-11+,18-17+,23-21+/t36-,37+/m1/s1. The number of ether oxygens (including phenoxy) is 2. The molecule has 0 aliphatic carbocycles. The third-order valence-electron chi connectivity index (χ3n) is 8.09. The molecule has 0 aromatic rings. The maximum Gasteiger partial charge on any atom is 0.472 e. The minimum absolute atomic E-state index is 0.153. The Morgan fingerprint density at radius 1 is 0.615 bits per heavy atom. The Labute approximate surface area is 314 Å². The van der Waals surface area contributed by atoms with Gasteiger partial charge in [-0.15, -0.1) is 0 Å². The number of hydrogen-bond donors (Lipinski definition) is 3. The largest absolute Gasteiger partial charge is 0.480 e. The normalized spacial score (nSPS) is 14.4. The molecule has 0 spiro atoms. The average molecular weight is 756 g/mol. The van der Waals surface area contributed by atoms with Crippen LogP contribution in [0.5, 0.6) is 0 Å². The predicted octanol–water partition coefficient (Wildman–Crippen LogP) is 9.83. The van der Waals surface area contributed by atoms with E-state index in [1.807, 2.05) is 0 Å². The summed E-state index contributed by atoms with van der Waals surface area (Å²) in [5.41, 5.74) is 5.32. The number of allylic oxidation sites excluding steroid dienone is 8. The molecule has 0 heterocycles. The van der Waals surface area contributed by atoms with Crippen LogP contribution in [0.2, 0.25) is 0 Å². The van der Waals surface area contributed by atoms with Crippen LogP contribution in [0.15, 0.2) is 48.6 Å². The zero-order valence-electron chi connectivity index (χ0n) is 32.1. The first-order valence-corrected chi connectivity index (χ1v) is 21.2. The second-order valence-corrected chi connectivity index (χ2v) is 14.5. The van der Waals surface area contributed by atoms with Gasteiger partial charge in [-0.05, 0) is 51.4 Å². The lowest BCUT2D eigenvalue weighted by molar-refractivity contribution is -0.161. The fourth-order valence-electron chi connectivity index (χ4n) is 5.00. The molecule has 12 heteroatoms. The van der Waals surface area contributed by atoms with Crippen molar-refractivity contribution in [3.05, 3.63) is 48.6 Å². The first-order valence-electron chi connectivity index (χ1n) is 19.7. The number of hydrogen-bond acceptors (Lipinski definition) is 9. The first kappa shape index (κ1) is 49.4. The number of carbonyl (C=O) groups is 3. The minimum Gasteiger partial charge on any atom is -0.480 e. The lowest BCUT2D eigenvalue weighted by Gasteiger charge is -2.20. The Hall–Kier alpha value is -2.56. The molecule has 0 aliphatic rings. The third kappa shape index (κ3) is 34.5. The molecule has 0 aromatic heterocycles. The van der Waals surface area contributed by atoms with Gasteiger partial charge in [-0.2, -0.15) is 0 Å². The van der Waals surface area contributed by atoms with Gasteiger partial charge in [0.15, 0.2) is 6.10 Å². The molecule has 4 N–H and O–H groups in total. The fourth-order valence-corrected chi connectivity index (χ4v) is 5.77. The van der Waals surface area contributed by atoms with E-state index in [0.717, 1.165) is 57.8 Å². The molecular weight excluding hydrogens is 685 g/mol. The van der Waals surface area contributed by atoms with Crippen molar-refractivity contribution in [2.75, 3.05) is 19.8 Å². The number of phosphoric ester groups is 1.